The van der Waals surface area contributed by atoms with Crippen molar-refractivity contribution in [1.82, 2.24) is 0 Å². The minimum absolute atomic E-state index is 0.183. The second-order valence-corrected chi connectivity index (χ2v) is 25.9. The van der Waals surface area contributed by atoms with E-state index in [1.54, 1.807) is 0 Å². The summed E-state index contributed by atoms with van der Waals surface area (Å²) >= 11 is 0. The lowest BCUT2D eigenvalue weighted by molar-refractivity contribution is -0.870. The molecule has 0 bridgehead atoms. The number of rotatable bonds is 68. The predicted octanol–water partition coefficient (Wildman–Crippen LogP) is 23.4. The molecule has 0 aliphatic carbocycles. The van der Waals surface area contributed by atoms with Gasteiger partial charge in [0.2, 0.25) is 0 Å². The Hall–Kier alpha value is -4.05. The molecule has 512 valence electrons. The molecule has 0 fully saturated rings. The fourth-order valence-electron chi connectivity index (χ4n) is 10.4. The summed E-state index contributed by atoms with van der Waals surface area (Å²) < 4.78 is 23.0. The Labute approximate surface area is 549 Å². The molecule has 9 nitrogen and oxygen atoms in total. The van der Waals surface area contributed by atoms with E-state index in [2.05, 4.69) is 123 Å². The van der Waals surface area contributed by atoms with Crippen LogP contribution in [0.3, 0.4) is 0 Å². The van der Waals surface area contributed by atoms with Crippen molar-refractivity contribution in [3.8, 4) is 0 Å². The van der Waals surface area contributed by atoms with Gasteiger partial charge in [-0.1, -0.05) is 316 Å². The van der Waals surface area contributed by atoms with E-state index >= 15 is 0 Å². The molecular weight excluding hydrogens is 1100 g/mol. The Balaban J connectivity index is 4.03. The van der Waals surface area contributed by atoms with Gasteiger partial charge >= 0.3 is 17.9 Å². The third-order valence-corrected chi connectivity index (χ3v) is 16.0. The highest BCUT2D eigenvalue weighted by molar-refractivity contribution is 5.71. The third kappa shape index (κ3) is 71.3. The molecule has 0 spiro atoms. The van der Waals surface area contributed by atoms with Crippen molar-refractivity contribution < 1.29 is 42.9 Å². The summed E-state index contributed by atoms with van der Waals surface area (Å²) in [5.41, 5.74) is 0. The van der Waals surface area contributed by atoms with Crippen LogP contribution in [-0.4, -0.2) is 87.4 Å². The largest absolute Gasteiger partial charge is 0.477 e. The second-order valence-electron chi connectivity index (χ2n) is 25.9. The zero-order valence-electron chi connectivity index (χ0n) is 58.6. The molecule has 9 heteroatoms. The lowest BCUT2D eigenvalue weighted by atomic mass is 10.0. The molecule has 2 unspecified atom stereocenters. The van der Waals surface area contributed by atoms with Gasteiger partial charge in [0.05, 0.1) is 34.4 Å². The maximum absolute atomic E-state index is 13.0. The number of hydrogen-bond acceptors (Lipinski definition) is 7. The van der Waals surface area contributed by atoms with Gasteiger partial charge in [-0.25, -0.2) is 4.79 Å². The Morgan fingerprint density at radius 3 is 0.955 bits per heavy atom. The molecule has 0 aromatic rings. The number of unbranched alkanes of at least 4 members (excludes halogenated alkanes) is 35. The van der Waals surface area contributed by atoms with Crippen molar-refractivity contribution in [2.45, 2.75) is 334 Å². The lowest BCUT2D eigenvalue weighted by Crippen LogP contribution is -2.40. The van der Waals surface area contributed by atoms with E-state index in [1.165, 1.54) is 205 Å². The van der Waals surface area contributed by atoms with E-state index in [1.807, 2.05) is 21.1 Å². The van der Waals surface area contributed by atoms with Crippen LogP contribution in [0.4, 0.5) is 0 Å². The highest BCUT2D eigenvalue weighted by Gasteiger charge is 2.25. The van der Waals surface area contributed by atoms with Crippen LogP contribution in [0.5, 0.6) is 0 Å². The maximum atomic E-state index is 13.0. The summed E-state index contributed by atoms with van der Waals surface area (Å²) in [5, 5.41) is 9.75. The molecule has 0 radical (unpaired) electrons. The average Bonchev–Trinajstić information content (AvgIpc) is 3.64. The molecule has 0 aliphatic rings. The molecule has 0 aromatic heterocycles. The number of carboxylic acids is 1. The number of ether oxygens (including phenoxy) is 4. The van der Waals surface area contributed by atoms with Gasteiger partial charge in [-0.3, -0.25) is 9.59 Å². The zero-order chi connectivity index (χ0) is 64.7. The van der Waals surface area contributed by atoms with Gasteiger partial charge < -0.3 is 28.5 Å². The summed E-state index contributed by atoms with van der Waals surface area (Å²) in [6, 6.07) is 0. The van der Waals surface area contributed by atoms with Crippen LogP contribution in [0.2, 0.25) is 0 Å². The smallest absolute Gasteiger partial charge is 0.361 e. The number of carbonyl (C=O) groups is 3. The van der Waals surface area contributed by atoms with Crippen LogP contribution in [0, 0.1) is 0 Å². The van der Waals surface area contributed by atoms with Crippen molar-refractivity contribution in [2.75, 3.05) is 47.5 Å². The first-order valence-electron chi connectivity index (χ1n) is 37.1. The summed E-state index contributed by atoms with van der Waals surface area (Å²) in [4.78, 5) is 37.6. The van der Waals surface area contributed by atoms with Crippen molar-refractivity contribution in [3.63, 3.8) is 0 Å². The van der Waals surface area contributed by atoms with Crippen molar-refractivity contribution in [1.29, 1.82) is 0 Å². The quantitative estimate of drug-likeness (QED) is 0.0211. The van der Waals surface area contributed by atoms with Crippen LogP contribution in [0.15, 0.2) is 109 Å². The number of nitrogens with zero attached hydrogens (tertiary/aromatic N) is 1. The molecule has 0 heterocycles. The molecule has 89 heavy (non-hydrogen) atoms. The van der Waals surface area contributed by atoms with E-state index in [0.717, 1.165) is 89.9 Å². The molecular formula is C80H140NO8+. The zero-order valence-corrected chi connectivity index (χ0v) is 58.6. The first kappa shape index (κ1) is 85.0. The van der Waals surface area contributed by atoms with Crippen LogP contribution in [0.1, 0.15) is 322 Å². The van der Waals surface area contributed by atoms with E-state index in [0.29, 0.717) is 17.4 Å². The van der Waals surface area contributed by atoms with E-state index in [9.17, 15) is 19.5 Å². The Morgan fingerprint density at radius 1 is 0.348 bits per heavy atom. The Bertz CT molecular complexity index is 1830. The van der Waals surface area contributed by atoms with Gasteiger partial charge in [-0.2, -0.15) is 0 Å². The van der Waals surface area contributed by atoms with Crippen LogP contribution < -0.4 is 0 Å². The molecule has 0 aliphatic heterocycles. The highest BCUT2D eigenvalue weighted by Crippen LogP contribution is 2.18. The lowest BCUT2D eigenvalue weighted by Gasteiger charge is -2.25. The standard InChI is InChI=1S/C80H139NO8/c1-6-8-10-12-14-16-18-20-22-24-26-28-30-31-32-33-34-35-36-37-38-39-40-41-42-43-44-45-46-47-49-51-53-55-57-59-61-63-65-67-69-71-78(83)89-76(75-88-80(79(84)85)86-73-72-81(3,4)5)74-87-77(82)70-68-66-64-62-60-58-56-54-52-50-48-29-27-25-23-21-19-17-15-13-11-9-7-2/h8,10,14,16,19-22,25-28,31-32,34-35,37-38,76,80H,6-7,9,11-13,15,17-18,23-24,29-30,33,36,39-75H2,1-5H3/p+1/b10-8-,16-14-,21-19-,22-20-,27-25-,28-26-,32-31-,35-34-,38-37-. The fourth-order valence-corrected chi connectivity index (χ4v) is 10.4. The van der Waals surface area contributed by atoms with Crippen molar-refractivity contribution >= 4 is 17.9 Å². The van der Waals surface area contributed by atoms with E-state index in [-0.39, 0.29) is 32.2 Å². The van der Waals surface area contributed by atoms with Crippen molar-refractivity contribution in [2.24, 2.45) is 0 Å². The molecule has 0 amide bonds. The van der Waals surface area contributed by atoms with Gasteiger partial charge in [-0.15, -0.1) is 0 Å². The maximum Gasteiger partial charge on any atom is 0.361 e. The first-order valence-corrected chi connectivity index (χ1v) is 37.1. The van der Waals surface area contributed by atoms with Gasteiger partial charge in [0.25, 0.3) is 6.29 Å². The fraction of sp³-hybridized carbons (Fsp3) is 0.738. The van der Waals surface area contributed by atoms with Crippen molar-refractivity contribution in [3.05, 3.63) is 109 Å². The number of allylic oxidation sites excluding steroid dienone is 18. The molecule has 0 saturated heterocycles. The monoisotopic (exact) mass is 1240 g/mol. The molecule has 0 rings (SSSR count). The van der Waals surface area contributed by atoms with Crippen LogP contribution >= 0.6 is 0 Å². The number of esters is 2. The number of hydrogen-bond donors (Lipinski definition) is 1. The predicted molar refractivity (Wildman–Crippen MR) is 382 cm³/mol. The van der Waals surface area contributed by atoms with Gasteiger partial charge in [0, 0.05) is 12.8 Å². The number of aliphatic carboxylic acids is 1. The topological polar surface area (TPSA) is 108 Å². The Kier molecular flexibility index (Phi) is 66.7. The second kappa shape index (κ2) is 69.8. The number of carboxylic acid groups (broad SMARTS) is 1. The normalized spacial score (nSPS) is 13.3. The SMILES string of the molecule is CC/C=C\C/C=C\C/C=C\C/C=C\C/C=C\C/C=C\C/C=C\CCCCCCCCCCCCCCCCCCCCCC(=O)OC(COC(=O)CCCCCCCCCCCCC/C=C\C/C=C\CCCCCCC)COC(OCC[N+](C)(C)C)C(=O)O. The summed E-state index contributed by atoms with van der Waals surface area (Å²) in [5.74, 6) is -1.99. The van der Waals surface area contributed by atoms with E-state index < -0.39 is 24.3 Å². The highest BCUT2D eigenvalue weighted by atomic mass is 16.7. The molecule has 0 aromatic carbocycles. The van der Waals surface area contributed by atoms with Gasteiger partial charge in [0.15, 0.2) is 6.10 Å². The summed E-state index contributed by atoms with van der Waals surface area (Å²) in [6.07, 6.45) is 95.0. The molecule has 0 saturated carbocycles. The molecule has 1 N–H and O–H groups in total. The minimum Gasteiger partial charge on any atom is -0.477 e. The van der Waals surface area contributed by atoms with E-state index in [4.69, 9.17) is 18.9 Å². The molecule has 2 atom stereocenters. The number of quaternary nitrogens is 1. The summed E-state index contributed by atoms with van der Waals surface area (Å²) in [7, 11) is 5.98. The summed E-state index contributed by atoms with van der Waals surface area (Å²) in [6.45, 7) is 4.78. The minimum atomic E-state index is -1.51. The van der Waals surface area contributed by atoms with Crippen LogP contribution in [-0.2, 0) is 33.3 Å². The van der Waals surface area contributed by atoms with Gasteiger partial charge in [0.1, 0.15) is 13.2 Å². The number of carbonyl (C=O) groups excluding carboxylic acids is 2. The first-order chi connectivity index (χ1) is 43.6. The van der Waals surface area contributed by atoms with Gasteiger partial charge in [-0.05, 0) is 103 Å². The third-order valence-electron chi connectivity index (χ3n) is 16.0. The average molecular weight is 1240 g/mol. The van der Waals surface area contributed by atoms with Crippen LogP contribution in [0.25, 0.3) is 0 Å². The number of likely N-dealkylation sites (N-methyl/N-ethyl adjacent to an activating group) is 1. The Morgan fingerprint density at radius 2 is 0.640 bits per heavy atom.